The van der Waals surface area contributed by atoms with Gasteiger partial charge in [-0.2, -0.15) is 0 Å². The van der Waals surface area contributed by atoms with Crippen molar-refractivity contribution in [3.05, 3.63) is 70.2 Å². The highest BCUT2D eigenvalue weighted by atomic mass is 79.9. The lowest BCUT2D eigenvalue weighted by atomic mass is 9.98. The molecule has 0 amide bonds. The molecule has 0 saturated heterocycles. The predicted molar refractivity (Wildman–Crippen MR) is 85.0 cm³/mol. The Bertz CT molecular complexity index is 792. The standard InChI is InChI=1S/C17H11BrS/c18-14-6-3-5-11-8-9-16-13(17(11)14)10-12-4-1-2-7-15(12)19-16/h1-9H,10H2. The second kappa shape index (κ2) is 4.39. The maximum atomic E-state index is 3.71. The first-order valence-corrected chi connectivity index (χ1v) is 7.90. The topological polar surface area (TPSA) is 0 Å². The van der Waals surface area contributed by atoms with Crippen molar-refractivity contribution in [2.75, 3.05) is 0 Å². The van der Waals surface area contributed by atoms with Crippen molar-refractivity contribution in [2.45, 2.75) is 16.2 Å². The molecule has 1 aliphatic rings. The number of fused-ring (bicyclic) bond motifs is 4. The van der Waals surface area contributed by atoms with E-state index in [1.54, 1.807) is 0 Å². The van der Waals surface area contributed by atoms with Crippen molar-refractivity contribution in [3.63, 3.8) is 0 Å². The second-order valence-corrected chi connectivity index (χ2v) is 6.70. The van der Waals surface area contributed by atoms with E-state index in [4.69, 9.17) is 0 Å². The minimum atomic E-state index is 1.03. The van der Waals surface area contributed by atoms with Crippen molar-refractivity contribution < 1.29 is 0 Å². The molecule has 0 bridgehead atoms. The molecule has 1 heterocycles. The van der Waals surface area contributed by atoms with Crippen LogP contribution in [0.25, 0.3) is 10.8 Å². The van der Waals surface area contributed by atoms with Crippen molar-refractivity contribution in [1.82, 2.24) is 0 Å². The molecule has 0 aliphatic carbocycles. The molecule has 4 rings (SSSR count). The molecule has 0 saturated carbocycles. The predicted octanol–water partition coefficient (Wildman–Crippen LogP) is 5.66. The maximum Gasteiger partial charge on any atom is 0.0257 e. The van der Waals surface area contributed by atoms with Crippen molar-refractivity contribution in [2.24, 2.45) is 0 Å². The Morgan fingerprint density at radius 1 is 0.842 bits per heavy atom. The van der Waals surface area contributed by atoms with Crippen molar-refractivity contribution >= 4 is 38.5 Å². The highest BCUT2D eigenvalue weighted by Gasteiger charge is 2.18. The fraction of sp³-hybridized carbons (Fsp3) is 0.0588. The zero-order chi connectivity index (χ0) is 12.8. The van der Waals surface area contributed by atoms with Gasteiger partial charge in [0.1, 0.15) is 0 Å². The lowest BCUT2D eigenvalue weighted by molar-refractivity contribution is 1.07. The summed E-state index contributed by atoms with van der Waals surface area (Å²) in [5, 5.41) is 2.68. The first-order chi connectivity index (χ1) is 9.33. The van der Waals surface area contributed by atoms with Gasteiger partial charge in [-0.3, -0.25) is 0 Å². The molecule has 19 heavy (non-hydrogen) atoms. The molecule has 3 aromatic rings. The molecule has 0 radical (unpaired) electrons. The molecule has 1 aliphatic heterocycles. The van der Waals surface area contributed by atoms with Crippen LogP contribution >= 0.6 is 27.7 Å². The Morgan fingerprint density at radius 2 is 1.74 bits per heavy atom. The first-order valence-electron chi connectivity index (χ1n) is 6.29. The molecule has 0 aromatic heterocycles. The van der Waals surface area contributed by atoms with Crippen LogP contribution in [0.5, 0.6) is 0 Å². The number of hydrogen-bond donors (Lipinski definition) is 0. The third-order valence-electron chi connectivity index (χ3n) is 3.62. The maximum absolute atomic E-state index is 3.71. The lowest BCUT2D eigenvalue weighted by Gasteiger charge is -2.21. The number of halogens is 1. The van der Waals surface area contributed by atoms with Gasteiger partial charge in [-0.25, -0.2) is 0 Å². The molecule has 3 aromatic carbocycles. The third kappa shape index (κ3) is 1.82. The van der Waals surface area contributed by atoms with Gasteiger partial charge in [-0.05, 0) is 34.7 Å². The van der Waals surface area contributed by atoms with E-state index in [9.17, 15) is 0 Å². The zero-order valence-corrected chi connectivity index (χ0v) is 12.6. The van der Waals surface area contributed by atoms with Crippen molar-refractivity contribution in [1.29, 1.82) is 0 Å². The first kappa shape index (κ1) is 11.6. The van der Waals surface area contributed by atoms with E-state index in [-0.39, 0.29) is 0 Å². The Hall–Kier alpha value is -1.25. The fourth-order valence-electron chi connectivity index (χ4n) is 2.72. The molecule has 0 atom stereocenters. The fourth-order valence-corrected chi connectivity index (χ4v) is 4.43. The summed E-state index contributed by atoms with van der Waals surface area (Å²) in [6.07, 6.45) is 1.03. The van der Waals surface area contributed by atoms with Crippen LogP contribution in [0.1, 0.15) is 11.1 Å². The van der Waals surface area contributed by atoms with Gasteiger partial charge in [0.25, 0.3) is 0 Å². The molecule has 2 heteroatoms. The van der Waals surface area contributed by atoms with Crippen LogP contribution in [-0.2, 0) is 6.42 Å². The van der Waals surface area contributed by atoms with Gasteiger partial charge < -0.3 is 0 Å². The molecular weight excluding hydrogens is 316 g/mol. The van der Waals surface area contributed by atoms with E-state index in [0.717, 1.165) is 6.42 Å². The van der Waals surface area contributed by atoms with Crippen LogP contribution in [0.2, 0.25) is 0 Å². The van der Waals surface area contributed by atoms with E-state index in [2.05, 4.69) is 70.5 Å². The van der Waals surface area contributed by atoms with Crippen molar-refractivity contribution in [3.8, 4) is 0 Å². The third-order valence-corrected chi connectivity index (χ3v) is 5.50. The Morgan fingerprint density at radius 3 is 2.68 bits per heavy atom. The van der Waals surface area contributed by atoms with E-state index in [1.807, 2.05) is 11.8 Å². The molecule has 0 unspecified atom stereocenters. The number of rotatable bonds is 0. The van der Waals surface area contributed by atoms with Crippen LogP contribution in [-0.4, -0.2) is 0 Å². The number of benzene rings is 3. The van der Waals surface area contributed by atoms with Gasteiger partial charge in [0.05, 0.1) is 0 Å². The summed E-state index contributed by atoms with van der Waals surface area (Å²) in [6, 6.07) is 19.6. The van der Waals surface area contributed by atoms with Gasteiger partial charge >= 0.3 is 0 Å². The molecule has 0 fully saturated rings. The van der Waals surface area contributed by atoms with Gasteiger partial charge in [0, 0.05) is 26.1 Å². The van der Waals surface area contributed by atoms with Crippen LogP contribution in [0, 0.1) is 0 Å². The minimum Gasteiger partial charge on any atom is -0.0895 e. The lowest BCUT2D eigenvalue weighted by Crippen LogP contribution is -2.00. The molecule has 92 valence electrons. The zero-order valence-electron chi connectivity index (χ0n) is 10.2. The Kier molecular flexibility index (Phi) is 2.68. The van der Waals surface area contributed by atoms with Gasteiger partial charge in [-0.1, -0.05) is 64.1 Å². The number of hydrogen-bond acceptors (Lipinski definition) is 1. The summed E-state index contributed by atoms with van der Waals surface area (Å²) in [5.74, 6) is 0. The van der Waals surface area contributed by atoms with E-state index < -0.39 is 0 Å². The van der Waals surface area contributed by atoms with Crippen LogP contribution in [0.4, 0.5) is 0 Å². The van der Waals surface area contributed by atoms with Crippen LogP contribution < -0.4 is 0 Å². The largest absolute Gasteiger partial charge is 0.0895 e. The summed E-state index contributed by atoms with van der Waals surface area (Å²) in [4.78, 5) is 2.78. The monoisotopic (exact) mass is 326 g/mol. The molecule has 0 nitrogen and oxygen atoms in total. The minimum absolute atomic E-state index is 1.03. The van der Waals surface area contributed by atoms with E-state index >= 15 is 0 Å². The summed E-state index contributed by atoms with van der Waals surface area (Å²) < 4.78 is 1.20. The molecular formula is C17H11BrS. The summed E-state index contributed by atoms with van der Waals surface area (Å²) in [6.45, 7) is 0. The summed E-state index contributed by atoms with van der Waals surface area (Å²) in [7, 11) is 0. The quantitative estimate of drug-likeness (QED) is 0.402. The smallest absolute Gasteiger partial charge is 0.0257 e. The van der Waals surface area contributed by atoms with Crippen LogP contribution in [0.3, 0.4) is 0 Å². The average molecular weight is 327 g/mol. The van der Waals surface area contributed by atoms with Gasteiger partial charge in [0.2, 0.25) is 0 Å². The molecule has 0 spiro atoms. The Balaban J connectivity index is 2.01. The SMILES string of the molecule is Brc1cccc2ccc3c(c12)Cc1ccccc1S3. The van der Waals surface area contributed by atoms with Gasteiger partial charge in [0.15, 0.2) is 0 Å². The highest BCUT2D eigenvalue weighted by Crippen LogP contribution is 2.43. The second-order valence-electron chi connectivity index (χ2n) is 4.77. The van der Waals surface area contributed by atoms with E-state index in [1.165, 1.54) is 36.2 Å². The van der Waals surface area contributed by atoms with Gasteiger partial charge in [-0.15, -0.1) is 0 Å². The average Bonchev–Trinajstić information content (AvgIpc) is 2.45. The summed E-state index contributed by atoms with van der Waals surface area (Å²) >= 11 is 5.59. The highest BCUT2D eigenvalue weighted by molar-refractivity contribution is 9.10. The summed E-state index contributed by atoms with van der Waals surface area (Å²) in [5.41, 5.74) is 2.89. The Labute approximate surface area is 125 Å². The molecule has 0 N–H and O–H groups in total. The normalized spacial score (nSPS) is 13.1. The van der Waals surface area contributed by atoms with E-state index in [0.29, 0.717) is 0 Å². The van der Waals surface area contributed by atoms with Crippen LogP contribution in [0.15, 0.2) is 68.9 Å².